The van der Waals surface area contributed by atoms with Crippen LogP contribution in [-0.2, 0) is 17.1 Å². The molecular weight excluding hydrogens is 314 g/mol. The van der Waals surface area contributed by atoms with Gasteiger partial charge in [-0.2, -0.15) is 0 Å². The first-order valence-corrected chi connectivity index (χ1v) is 8.33. The van der Waals surface area contributed by atoms with Crippen molar-refractivity contribution in [2.45, 2.75) is 4.90 Å². The van der Waals surface area contributed by atoms with Crippen LogP contribution in [0.15, 0.2) is 59.6 Å². The van der Waals surface area contributed by atoms with E-state index < -0.39 is 15.9 Å². The fourth-order valence-corrected chi connectivity index (χ4v) is 3.59. The van der Waals surface area contributed by atoms with Crippen LogP contribution in [0.5, 0.6) is 0 Å². The van der Waals surface area contributed by atoms with Crippen LogP contribution in [0.25, 0.3) is 10.8 Å². The monoisotopic (exact) mass is 329 g/mol. The Morgan fingerprint density at radius 3 is 2.52 bits per heavy atom. The van der Waals surface area contributed by atoms with Crippen molar-refractivity contribution in [3.63, 3.8) is 0 Å². The van der Waals surface area contributed by atoms with Crippen molar-refractivity contribution < 1.29 is 13.2 Å². The third-order valence-corrected chi connectivity index (χ3v) is 4.91. The van der Waals surface area contributed by atoms with E-state index in [4.69, 9.17) is 5.73 Å². The van der Waals surface area contributed by atoms with E-state index in [0.717, 1.165) is 10.8 Å². The Labute approximate surface area is 133 Å². The van der Waals surface area contributed by atoms with Crippen molar-refractivity contribution in [3.8, 4) is 0 Å². The van der Waals surface area contributed by atoms with Crippen LogP contribution < -0.4 is 10.5 Å². The van der Waals surface area contributed by atoms with Crippen LogP contribution in [-0.4, -0.2) is 18.9 Å². The number of hydrogen-bond donors (Lipinski definition) is 2. The fourth-order valence-electron chi connectivity index (χ4n) is 2.44. The highest BCUT2D eigenvalue weighted by molar-refractivity contribution is 7.92. The van der Waals surface area contributed by atoms with Gasteiger partial charge in [-0.05, 0) is 17.5 Å². The summed E-state index contributed by atoms with van der Waals surface area (Å²) in [4.78, 5) is 11.3. The number of sulfonamides is 1. The van der Waals surface area contributed by atoms with Gasteiger partial charge < -0.3 is 10.3 Å². The van der Waals surface area contributed by atoms with E-state index in [1.165, 1.54) is 16.8 Å². The van der Waals surface area contributed by atoms with E-state index in [2.05, 4.69) is 4.72 Å². The first-order valence-electron chi connectivity index (χ1n) is 6.85. The lowest BCUT2D eigenvalue weighted by Crippen LogP contribution is -2.14. The predicted octanol–water partition coefficient (Wildman–Crippen LogP) is 2.08. The molecule has 2 aromatic carbocycles. The summed E-state index contributed by atoms with van der Waals surface area (Å²) in [6, 6.07) is 14.1. The molecule has 0 fully saturated rings. The van der Waals surface area contributed by atoms with Gasteiger partial charge in [-0.1, -0.05) is 36.4 Å². The predicted molar refractivity (Wildman–Crippen MR) is 88.7 cm³/mol. The zero-order valence-electron chi connectivity index (χ0n) is 12.4. The largest absolute Gasteiger partial charge is 0.364 e. The maximum Gasteiger partial charge on any atom is 0.265 e. The lowest BCUT2D eigenvalue weighted by molar-refractivity contribution is 0.0992. The summed E-state index contributed by atoms with van der Waals surface area (Å²) >= 11 is 0. The van der Waals surface area contributed by atoms with Crippen molar-refractivity contribution >= 4 is 32.4 Å². The smallest absolute Gasteiger partial charge is 0.265 e. The molecule has 0 saturated heterocycles. The van der Waals surface area contributed by atoms with Crippen LogP contribution in [0.4, 0.5) is 5.69 Å². The molecule has 7 heteroatoms. The van der Waals surface area contributed by atoms with Crippen molar-refractivity contribution in [2.24, 2.45) is 12.8 Å². The lowest BCUT2D eigenvalue weighted by Gasteiger charge is -2.09. The number of benzene rings is 2. The molecule has 0 saturated carbocycles. The van der Waals surface area contributed by atoms with Gasteiger partial charge >= 0.3 is 0 Å². The van der Waals surface area contributed by atoms with Crippen molar-refractivity contribution in [1.82, 2.24) is 4.57 Å². The standard InChI is InChI=1S/C16H15N3O3S/c1-19-10-12(9-15(19)16(17)20)23(21,22)18-14-8-4-6-11-5-2-3-7-13(11)14/h2-10,18H,1H3,(H2,17,20). The molecule has 3 aromatic rings. The zero-order chi connectivity index (χ0) is 16.6. The summed E-state index contributed by atoms with van der Waals surface area (Å²) in [5.74, 6) is -0.681. The quantitative estimate of drug-likeness (QED) is 0.767. The van der Waals surface area contributed by atoms with E-state index in [1.807, 2.05) is 30.3 Å². The first-order chi connectivity index (χ1) is 10.9. The second-order valence-electron chi connectivity index (χ2n) is 5.17. The summed E-state index contributed by atoms with van der Waals surface area (Å²) < 4.78 is 29.1. The third-order valence-electron chi connectivity index (χ3n) is 3.58. The minimum absolute atomic E-state index is 0.0123. The van der Waals surface area contributed by atoms with Crippen molar-refractivity contribution in [3.05, 3.63) is 60.4 Å². The maximum absolute atomic E-state index is 12.6. The van der Waals surface area contributed by atoms with Gasteiger partial charge in [0.1, 0.15) is 10.6 Å². The Bertz CT molecular complexity index is 1000. The number of rotatable bonds is 4. The average molecular weight is 329 g/mol. The number of fused-ring (bicyclic) bond motifs is 1. The van der Waals surface area contributed by atoms with Gasteiger partial charge in [-0.3, -0.25) is 9.52 Å². The zero-order valence-corrected chi connectivity index (χ0v) is 13.2. The molecule has 0 aliphatic carbocycles. The number of nitrogens with one attached hydrogen (secondary N) is 1. The minimum Gasteiger partial charge on any atom is -0.364 e. The molecule has 118 valence electrons. The number of carbonyl (C=O) groups excluding carboxylic acids is 1. The molecule has 3 N–H and O–H groups in total. The topological polar surface area (TPSA) is 94.2 Å². The van der Waals surface area contributed by atoms with E-state index >= 15 is 0 Å². The molecule has 23 heavy (non-hydrogen) atoms. The molecule has 6 nitrogen and oxygen atoms in total. The lowest BCUT2D eigenvalue weighted by atomic mass is 10.1. The van der Waals surface area contributed by atoms with E-state index in [-0.39, 0.29) is 10.6 Å². The summed E-state index contributed by atoms with van der Waals surface area (Å²) in [6.45, 7) is 0. The van der Waals surface area contributed by atoms with Crippen LogP contribution in [0.3, 0.4) is 0 Å². The number of aryl methyl sites for hydroxylation is 1. The molecule has 1 aromatic heterocycles. The Kier molecular flexibility index (Phi) is 3.57. The van der Waals surface area contributed by atoms with Crippen LogP contribution in [0.1, 0.15) is 10.5 Å². The molecule has 0 atom stereocenters. The number of primary amides is 1. The molecular formula is C16H15N3O3S. The minimum atomic E-state index is -3.82. The Morgan fingerprint density at radius 1 is 1.13 bits per heavy atom. The molecule has 3 rings (SSSR count). The van der Waals surface area contributed by atoms with Crippen LogP contribution in [0, 0.1) is 0 Å². The summed E-state index contributed by atoms with van der Waals surface area (Å²) in [5, 5.41) is 1.73. The first kappa shape index (κ1) is 15.1. The van der Waals surface area contributed by atoms with E-state index in [1.54, 1.807) is 19.2 Å². The molecule has 0 radical (unpaired) electrons. The number of anilines is 1. The number of amides is 1. The number of hydrogen-bond acceptors (Lipinski definition) is 3. The second kappa shape index (κ2) is 5.44. The summed E-state index contributed by atoms with van der Waals surface area (Å²) in [6.07, 6.45) is 1.35. The summed E-state index contributed by atoms with van der Waals surface area (Å²) in [5.41, 5.74) is 5.83. The average Bonchev–Trinajstić information content (AvgIpc) is 2.90. The number of nitrogens with two attached hydrogens (primary N) is 1. The van der Waals surface area contributed by atoms with Gasteiger partial charge in [-0.25, -0.2) is 8.42 Å². The molecule has 0 aliphatic heterocycles. The van der Waals surface area contributed by atoms with Gasteiger partial charge in [-0.15, -0.1) is 0 Å². The Morgan fingerprint density at radius 2 is 1.83 bits per heavy atom. The second-order valence-corrected chi connectivity index (χ2v) is 6.85. The molecule has 0 bridgehead atoms. The van der Waals surface area contributed by atoms with Crippen LogP contribution in [0.2, 0.25) is 0 Å². The summed E-state index contributed by atoms with van der Waals surface area (Å²) in [7, 11) is -2.25. The fraction of sp³-hybridized carbons (Fsp3) is 0.0625. The Balaban J connectivity index is 2.04. The normalized spacial score (nSPS) is 11.5. The molecule has 1 amide bonds. The van der Waals surface area contributed by atoms with Gasteiger partial charge in [0.25, 0.3) is 15.9 Å². The molecule has 1 heterocycles. The number of aromatic nitrogens is 1. The maximum atomic E-state index is 12.6. The van der Waals surface area contributed by atoms with Crippen LogP contribution >= 0.6 is 0 Å². The van der Waals surface area contributed by atoms with Gasteiger partial charge in [0.2, 0.25) is 0 Å². The number of carbonyl (C=O) groups is 1. The van der Waals surface area contributed by atoms with Crippen molar-refractivity contribution in [1.29, 1.82) is 0 Å². The molecule has 0 aliphatic rings. The van der Waals surface area contributed by atoms with Crippen molar-refractivity contribution in [2.75, 3.05) is 4.72 Å². The Hall–Kier alpha value is -2.80. The van der Waals surface area contributed by atoms with Gasteiger partial charge in [0.15, 0.2) is 0 Å². The SMILES string of the molecule is Cn1cc(S(=O)(=O)Nc2cccc3ccccc23)cc1C(N)=O. The molecule has 0 spiro atoms. The van der Waals surface area contributed by atoms with Gasteiger partial charge in [0, 0.05) is 18.6 Å². The highest BCUT2D eigenvalue weighted by Gasteiger charge is 2.20. The van der Waals surface area contributed by atoms with Gasteiger partial charge in [0.05, 0.1) is 5.69 Å². The number of nitrogens with zero attached hydrogens (tertiary/aromatic N) is 1. The molecule has 0 unspecified atom stereocenters. The highest BCUT2D eigenvalue weighted by atomic mass is 32.2. The highest BCUT2D eigenvalue weighted by Crippen LogP contribution is 2.26. The van der Waals surface area contributed by atoms with E-state index in [9.17, 15) is 13.2 Å². The third kappa shape index (κ3) is 2.78. The van der Waals surface area contributed by atoms with E-state index in [0.29, 0.717) is 5.69 Å².